The summed E-state index contributed by atoms with van der Waals surface area (Å²) in [5.41, 5.74) is 0.144. The number of aliphatic hydroxyl groups excluding tert-OH is 1. The Kier molecular flexibility index (Phi) is 1.96. The molecule has 4 nitrogen and oxygen atoms in total. The second kappa shape index (κ2) is 2.92. The van der Waals surface area contributed by atoms with Crippen LogP contribution in [-0.2, 0) is 14.3 Å². The van der Waals surface area contributed by atoms with Gasteiger partial charge in [-0.15, -0.1) is 0 Å². The van der Waals surface area contributed by atoms with Crippen molar-refractivity contribution in [3.05, 3.63) is 11.6 Å². The van der Waals surface area contributed by atoms with Crippen LogP contribution < -0.4 is 0 Å². The molecule has 76 valence electrons. The molecule has 4 heteroatoms. The van der Waals surface area contributed by atoms with E-state index in [2.05, 4.69) is 4.74 Å². The average molecular weight is 196 g/mol. The van der Waals surface area contributed by atoms with E-state index in [9.17, 15) is 9.59 Å². The van der Waals surface area contributed by atoms with E-state index in [0.29, 0.717) is 11.5 Å². The third-order valence-electron chi connectivity index (χ3n) is 3.27. The van der Waals surface area contributed by atoms with Gasteiger partial charge in [-0.05, 0) is 25.2 Å². The van der Waals surface area contributed by atoms with Gasteiger partial charge in [-0.25, -0.2) is 4.79 Å². The number of ether oxygens (including phenoxy) is 1. The number of fused-ring (bicyclic) bond motifs is 1. The van der Waals surface area contributed by atoms with Gasteiger partial charge in [0.2, 0.25) is 0 Å². The van der Waals surface area contributed by atoms with Gasteiger partial charge in [0.25, 0.3) is 0 Å². The fourth-order valence-electron chi connectivity index (χ4n) is 2.66. The van der Waals surface area contributed by atoms with E-state index >= 15 is 0 Å². The Balaban J connectivity index is 0.000000354. The first kappa shape index (κ1) is 9.40. The zero-order valence-electron chi connectivity index (χ0n) is 7.95. The van der Waals surface area contributed by atoms with Crippen LogP contribution in [0, 0.1) is 11.3 Å². The van der Waals surface area contributed by atoms with Gasteiger partial charge < -0.3 is 9.84 Å². The second-order valence-electron chi connectivity index (χ2n) is 3.84. The largest absolute Gasteiger partial charge is 0.400 e. The first-order chi connectivity index (χ1) is 6.72. The predicted molar refractivity (Wildman–Crippen MR) is 47.1 cm³/mol. The normalized spacial score (nSPS) is 37.3. The lowest BCUT2D eigenvalue weighted by Gasteiger charge is -2.14. The number of esters is 2. The number of carbonyl (C=O) groups is 2. The lowest BCUT2D eigenvalue weighted by molar-refractivity contribution is -0.155. The summed E-state index contributed by atoms with van der Waals surface area (Å²) in [5.74, 6) is -0.252. The molecular formula is C10H12O4. The van der Waals surface area contributed by atoms with E-state index in [0.717, 1.165) is 26.4 Å². The molecule has 2 unspecified atom stereocenters. The van der Waals surface area contributed by atoms with Gasteiger partial charge in [0.1, 0.15) is 5.41 Å². The van der Waals surface area contributed by atoms with Crippen molar-refractivity contribution >= 4 is 11.9 Å². The highest BCUT2D eigenvalue weighted by atomic mass is 16.6. The Hall–Kier alpha value is -1.16. The summed E-state index contributed by atoms with van der Waals surface area (Å²) < 4.78 is 4.60. The first-order valence-corrected chi connectivity index (χ1v) is 4.66. The van der Waals surface area contributed by atoms with Crippen molar-refractivity contribution < 1.29 is 19.4 Å². The molecule has 3 rings (SSSR count). The van der Waals surface area contributed by atoms with Crippen LogP contribution in [0.3, 0.4) is 0 Å². The number of aliphatic hydroxyl groups is 1. The van der Waals surface area contributed by atoms with Crippen molar-refractivity contribution in [1.29, 1.82) is 0 Å². The molecule has 1 spiro atoms. The summed E-state index contributed by atoms with van der Waals surface area (Å²) in [6.45, 7) is 0. The van der Waals surface area contributed by atoms with Crippen LogP contribution in [0.4, 0.5) is 0 Å². The van der Waals surface area contributed by atoms with Gasteiger partial charge >= 0.3 is 11.9 Å². The Morgan fingerprint density at radius 3 is 2.79 bits per heavy atom. The maximum Gasteiger partial charge on any atom is 0.342 e. The number of rotatable bonds is 0. The minimum atomic E-state index is -0.498. The highest BCUT2D eigenvalue weighted by Crippen LogP contribution is 2.57. The fourth-order valence-corrected chi connectivity index (χ4v) is 2.66. The maximum absolute atomic E-state index is 11.4. The summed E-state index contributed by atoms with van der Waals surface area (Å²) in [6, 6.07) is 0. The molecule has 0 radical (unpaired) electrons. The number of hydrogen-bond donors (Lipinski definition) is 1. The molecule has 1 heterocycles. The molecule has 1 saturated heterocycles. The summed E-state index contributed by atoms with van der Waals surface area (Å²) >= 11 is 0. The first-order valence-electron chi connectivity index (χ1n) is 4.66. The van der Waals surface area contributed by atoms with Crippen LogP contribution in [0.25, 0.3) is 0 Å². The van der Waals surface area contributed by atoms with Crippen molar-refractivity contribution in [2.24, 2.45) is 11.3 Å². The minimum absolute atomic E-state index is 0.307. The number of cyclic esters (lactones) is 2. The summed E-state index contributed by atoms with van der Waals surface area (Å²) in [4.78, 5) is 22.5. The van der Waals surface area contributed by atoms with Crippen molar-refractivity contribution in [2.75, 3.05) is 7.11 Å². The van der Waals surface area contributed by atoms with Gasteiger partial charge in [-0.3, -0.25) is 4.79 Å². The Morgan fingerprint density at radius 2 is 2.21 bits per heavy atom. The zero-order valence-corrected chi connectivity index (χ0v) is 7.95. The van der Waals surface area contributed by atoms with E-state index in [1.807, 2.05) is 6.08 Å². The van der Waals surface area contributed by atoms with Crippen molar-refractivity contribution in [3.63, 3.8) is 0 Å². The van der Waals surface area contributed by atoms with Crippen LogP contribution >= 0.6 is 0 Å². The maximum atomic E-state index is 11.4. The lowest BCUT2D eigenvalue weighted by Crippen LogP contribution is -2.22. The fraction of sp³-hybridized carbons (Fsp3) is 0.600. The summed E-state index contributed by atoms with van der Waals surface area (Å²) in [6.07, 6.45) is 4.59. The topological polar surface area (TPSA) is 63.6 Å². The van der Waals surface area contributed by atoms with E-state index in [1.165, 1.54) is 0 Å². The number of hydrogen-bond acceptors (Lipinski definition) is 4. The molecule has 0 aromatic carbocycles. The second-order valence-corrected chi connectivity index (χ2v) is 3.84. The van der Waals surface area contributed by atoms with Crippen LogP contribution in [0.2, 0.25) is 0 Å². The number of allylic oxidation sites excluding steroid dienone is 1. The summed E-state index contributed by atoms with van der Waals surface area (Å²) in [7, 11) is 1.00. The molecule has 2 bridgehead atoms. The third-order valence-corrected chi connectivity index (χ3v) is 3.27. The van der Waals surface area contributed by atoms with E-state index in [-0.39, 0.29) is 5.97 Å². The van der Waals surface area contributed by atoms with Crippen LogP contribution in [-0.4, -0.2) is 24.2 Å². The Morgan fingerprint density at radius 1 is 1.50 bits per heavy atom. The van der Waals surface area contributed by atoms with Crippen LogP contribution in [0.15, 0.2) is 11.6 Å². The average Bonchev–Trinajstić information content (AvgIpc) is 2.83. The highest BCUT2D eigenvalue weighted by Gasteiger charge is 2.60. The molecule has 1 aliphatic heterocycles. The van der Waals surface area contributed by atoms with Gasteiger partial charge in [0.15, 0.2) is 0 Å². The SMILES string of the molecule is CO.O=C1OC(=O)C23CCC(C=C12)C3. The molecule has 2 atom stereocenters. The lowest BCUT2D eigenvalue weighted by atomic mass is 9.82. The Bertz CT molecular complexity index is 331. The molecule has 1 saturated carbocycles. The van der Waals surface area contributed by atoms with Crippen LogP contribution in [0.5, 0.6) is 0 Å². The Labute approximate surface area is 81.6 Å². The highest BCUT2D eigenvalue weighted by molar-refractivity contribution is 6.11. The van der Waals surface area contributed by atoms with Crippen molar-refractivity contribution in [2.45, 2.75) is 19.3 Å². The standard InChI is InChI=1S/C9H8O3.CH4O/c10-7-6-3-5-1-2-9(6,4-5)8(11)12-7;1-2/h3,5H,1-2,4H2;2H,1H3. The van der Waals surface area contributed by atoms with E-state index in [1.54, 1.807) is 0 Å². The van der Waals surface area contributed by atoms with Crippen molar-refractivity contribution in [3.8, 4) is 0 Å². The van der Waals surface area contributed by atoms with Gasteiger partial charge in [-0.1, -0.05) is 6.08 Å². The molecular weight excluding hydrogens is 184 g/mol. The third kappa shape index (κ3) is 0.917. The van der Waals surface area contributed by atoms with E-state index in [4.69, 9.17) is 5.11 Å². The van der Waals surface area contributed by atoms with Gasteiger partial charge in [0, 0.05) is 7.11 Å². The smallest absolute Gasteiger partial charge is 0.342 e. The molecule has 0 aromatic rings. The predicted octanol–water partition coefficient (Wildman–Crippen LogP) is 0.405. The van der Waals surface area contributed by atoms with Crippen LogP contribution in [0.1, 0.15) is 19.3 Å². The molecule has 2 fully saturated rings. The monoisotopic (exact) mass is 196 g/mol. The quantitative estimate of drug-likeness (QED) is 0.450. The molecule has 14 heavy (non-hydrogen) atoms. The molecule has 0 amide bonds. The van der Waals surface area contributed by atoms with Gasteiger partial charge in [-0.2, -0.15) is 0 Å². The summed E-state index contributed by atoms with van der Waals surface area (Å²) in [5, 5.41) is 7.00. The van der Waals surface area contributed by atoms with Gasteiger partial charge in [0.05, 0.1) is 5.57 Å². The zero-order chi connectivity index (χ0) is 10.3. The molecule has 3 aliphatic rings. The minimum Gasteiger partial charge on any atom is -0.400 e. The molecule has 0 aromatic heterocycles. The number of carbonyl (C=O) groups excluding carboxylic acids is 2. The molecule has 1 N–H and O–H groups in total. The van der Waals surface area contributed by atoms with Crippen molar-refractivity contribution in [1.82, 2.24) is 0 Å². The van der Waals surface area contributed by atoms with E-state index < -0.39 is 11.4 Å². The molecule has 2 aliphatic carbocycles.